The van der Waals surface area contributed by atoms with Gasteiger partial charge in [0.1, 0.15) is 16.6 Å². The van der Waals surface area contributed by atoms with Crippen LogP contribution in [0.2, 0.25) is 0 Å². The molecule has 0 aliphatic carbocycles. The molecule has 6 heteroatoms. The second-order valence-corrected chi connectivity index (χ2v) is 5.29. The van der Waals surface area contributed by atoms with Gasteiger partial charge >= 0.3 is 0 Å². The third-order valence-electron chi connectivity index (χ3n) is 3.01. The average molecular weight is 295 g/mol. The van der Waals surface area contributed by atoms with Gasteiger partial charge in [-0.3, -0.25) is 0 Å². The lowest BCUT2D eigenvalue weighted by molar-refractivity contribution is 0.413. The number of ether oxygens (including phenoxy) is 1. The van der Waals surface area contributed by atoms with Gasteiger partial charge in [-0.2, -0.15) is 0 Å². The minimum Gasteiger partial charge on any atom is -0.496 e. The third-order valence-corrected chi connectivity index (χ3v) is 4.06. The number of aromatic nitrogens is 2. The first-order valence-corrected chi connectivity index (χ1v) is 7.42. The van der Waals surface area contributed by atoms with Crippen LogP contribution in [0.3, 0.4) is 0 Å². The molecule has 0 aliphatic heterocycles. The highest BCUT2D eigenvalue weighted by molar-refractivity contribution is 7.14. The van der Waals surface area contributed by atoms with E-state index in [1.165, 1.54) is 24.5 Å². The summed E-state index contributed by atoms with van der Waals surface area (Å²) in [6, 6.07) is 4.90. The predicted molar refractivity (Wildman–Crippen MR) is 78.6 cm³/mol. The molecule has 20 heavy (non-hydrogen) atoms. The Morgan fingerprint density at radius 3 is 2.80 bits per heavy atom. The molecule has 0 aliphatic rings. The monoisotopic (exact) mass is 295 g/mol. The quantitative estimate of drug-likeness (QED) is 0.887. The third kappa shape index (κ3) is 2.96. The summed E-state index contributed by atoms with van der Waals surface area (Å²) < 4.78 is 19.2. The number of hydrogen-bond donors (Lipinski definition) is 1. The van der Waals surface area contributed by atoms with E-state index < -0.39 is 0 Å². The minimum absolute atomic E-state index is 0.156. The zero-order valence-electron chi connectivity index (χ0n) is 11.8. The zero-order chi connectivity index (χ0) is 14.5. The highest BCUT2D eigenvalue weighted by Crippen LogP contribution is 2.35. The fourth-order valence-electron chi connectivity index (χ4n) is 2.01. The first kappa shape index (κ1) is 14.9. The summed E-state index contributed by atoms with van der Waals surface area (Å²) in [5.41, 5.74) is 0.380. The van der Waals surface area contributed by atoms with E-state index in [1.807, 2.05) is 6.92 Å². The normalized spacial score (nSPS) is 12.4. The first-order chi connectivity index (χ1) is 9.71. The Morgan fingerprint density at radius 1 is 1.35 bits per heavy atom. The van der Waals surface area contributed by atoms with E-state index in [2.05, 4.69) is 22.4 Å². The van der Waals surface area contributed by atoms with Crippen molar-refractivity contribution in [2.24, 2.45) is 0 Å². The Bertz CT molecular complexity index is 573. The molecular weight excluding hydrogens is 277 g/mol. The van der Waals surface area contributed by atoms with Gasteiger partial charge < -0.3 is 10.1 Å². The van der Waals surface area contributed by atoms with Gasteiger partial charge in [0.05, 0.1) is 18.7 Å². The molecule has 2 rings (SSSR count). The van der Waals surface area contributed by atoms with E-state index >= 15 is 0 Å². The van der Waals surface area contributed by atoms with E-state index in [-0.39, 0.29) is 11.9 Å². The van der Waals surface area contributed by atoms with Crippen molar-refractivity contribution in [2.45, 2.75) is 26.3 Å². The van der Waals surface area contributed by atoms with Gasteiger partial charge in [0, 0.05) is 0 Å². The number of nitrogens with zero attached hydrogens (tertiary/aromatic N) is 2. The fourth-order valence-corrected chi connectivity index (χ4v) is 3.06. The van der Waals surface area contributed by atoms with Gasteiger partial charge in [0.2, 0.25) is 0 Å². The molecule has 0 saturated heterocycles. The van der Waals surface area contributed by atoms with Gasteiger partial charge in [0.15, 0.2) is 5.01 Å². The first-order valence-electron chi connectivity index (χ1n) is 6.60. The molecule has 0 radical (unpaired) electrons. The van der Waals surface area contributed by atoms with Crippen molar-refractivity contribution in [3.05, 3.63) is 29.0 Å². The summed E-state index contributed by atoms with van der Waals surface area (Å²) in [4.78, 5) is 0. The van der Waals surface area contributed by atoms with Crippen molar-refractivity contribution in [3.8, 4) is 16.3 Å². The van der Waals surface area contributed by atoms with E-state index in [4.69, 9.17) is 4.74 Å². The van der Waals surface area contributed by atoms with Crippen molar-refractivity contribution in [2.75, 3.05) is 13.7 Å². The topological polar surface area (TPSA) is 47.0 Å². The van der Waals surface area contributed by atoms with Crippen molar-refractivity contribution in [1.29, 1.82) is 0 Å². The van der Waals surface area contributed by atoms with E-state index in [0.29, 0.717) is 16.3 Å². The molecule has 0 fully saturated rings. The van der Waals surface area contributed by atoms with Gasteiger partial charge in [-0.15, -0.1) is 10.2 Å². The maximum absolute atomic E-state index is 14.0. The molecule has 4 nitrogen and oxygen atoms in total. The molecule has 1 atom stereocenters. The number of methoxy groups -OCH3 is 1. The van der Waals surface area contributed by atoms with Crippen LogP contribution in [0.5, 0.6) is 5.75 Å². The van der Waals surface area contributed by atoms with Crippen LogP contribution in [0.1, 0.15) is 31.3 Å². The molecule has 1 aromatic heterocycles. The van der Waals surface area contributed by atoms with Crippen molar-refractivity contribution >= 4 is 11.3 Å². The molecule has 0 spiro atoms. The van der Waals surface area contributed by atoms with Crippen LogP contribution in [0.4, 0.5) is 4.39 Å². The van der Waals surface area contributed by atoms with Gasteiger partial charge in [0.25, 0.3) is 0 Å². The lowest BCUT2D eigenvalue weighted by Gasteiger charge is -2.11. The molecule has 1 N–H and O–H groups in total. The highest BCUT2D eigenvalue weighted by Gasteiger charge is 2.19. The fraction of sp³-hybridized carbons (Fsp3) is 0.429. The van der Waals surface area contributed by atoms with Crippen molar-refractivity contribution in [3.63, 3.8) is 0 Å². The Labute approximate surface area is 122 Å². The lowest BCUT2D eigenvalue weighted by Crippen LogP contribution is -2.19. The second-order valence-electron chi connectivity index (χ2n) is 4.28. The molecule has 2 aromatic rings. The SMILES string of the molecule is CCNC(CC)c1nnc(-c2c(F)cccc2OC)s1. The van der Waals surface area contributed by atoms with E-state index in [9.17, 15) is 4.39 Å². The van der Waals surface area contributed by atoms with Crippen LogP contribution in [-0.4, -0.2) is 23.9 Å². The van der Waals surface area contributed by atoms with Crippen molar-refractivity contribution < 1.29 is 9.13 Å². The maximum atomic E-state index is 14.0. The number of nitrogens with one attached hydrogen (secondary N) is 1. The summed E-state index contributed by atoms with van der Waals surface area (Å²) in [6.07, 6.45) is 0.914. The Balaban J connectivity index is 2.38. The summed E-state index contributed by atoms with van der Waals surface area (Å²) in [5, 5.41) is 13.1. The molecule has 108 valence electrons. The number of hydrogen-bond acceptors (Lipinski definition) is 5. The van der Waals surface area contributed by atoms with Gasteiger partial charge in [-0.1, -0.05) is 31.3 Å². The molecule has 0 saturated carbocycles. The van der Waals surface area contributed by atoms with Crippen molar-refractivity contribution in [1.82, 2.24) is 15.5 Å². The Kier molecular flexibility index (Phi) is 5.03. The molecule has 0 amide bonds. The molecule has 0 bridgehead atoms. The van der Waals surface area contributed by atoms with Gasteiger partial charge in [-0.25, -0.2) is 4.39 Å². The van der Waals surface area contributed by atoms with Crippen LogP contribution in [-0.2, 0) is 0 Å². The Hall–Kier alpha value is -1.53. The van der Waals surface area contributed by atoms with Crippen LogP contribution < -0.4 is 10.1 Å². The number of halogens is 1. The van der Waals surface area contributed by atoms with Crippen LogP contribution in [0.15, 0.2) is 18.2 Å². The molecule has 1 unspecified atom stereocenters. The second kappa shape index (κ2) is 6.76. The van der Waals surface area contributed by atoms with Crippen LogP contribution in [0.25, 0.3) is 10.6 Å². The zero-order valence-corrected chi connectivity index (χ0v) is 12.6. The van der Waals surface area contributed by atoms with Gasteiger partial charge in [-0.05, 0) is 25.1 Å². The Morgan fingerprint density at radius 2 is 2.15 bits per heavy atom. The minimum atomic E-state index is -0.344. The number of benzene rings is 1. The lowest BCUT2D eigenvalue weighted by atomic mass is 10.2. The van der Waals surface area contributed by atoms with E-state index in [0.717, 1.165) is 18.0 Å². The molecule has 1 aromatic carbocycles. The smallest absolute Gasteiger partial charge is 0.154 e. The summed E-state index contributed by atoms with van der Waals surface area (Å²) in [5.74, 6) is 0.132. The standard InChI is InChI=1S/C14H18FN3OS/c1-4-10(16-5-2)13-17-18-14(20-13)12-9(15)7-6-8-11(12)19-3/h6-8,10,16H,4-5H2,1-3H3. The highest BCUT2D eigenvalue weighted by atomic mass is 32.1. The molecule has 1 heterocycles. The predicted octanol–water partition coefficient (Wildman–Crippen LogP) is 3.41. The summed E-state index contributed by atoms with van der Waals surface area (Å²) in [6.45, 7) is 4.99. The maximum Gasteiger partial charge on any atom is 0.154 e. The summed E-state index contributed by atoms with van der Waals surface area (Å²) >= 11 is 1.40. The molecular formula is C14H18FN3OS. The largest absolute Gasteiger partial charge is 0.496 e. The average Bonchev–Trinajstić information content (AvgIpc) is 2.93. The summed E-state index contributed by atoms with van der Waals surface area (Å²) in [7, 11) is 1.52. The van der Waals surface area contributed by atoms with E-state index in [1.54, 1.807) is 12.1 Å². The van der Waals surface area contributed by atoms with Crippen LogP contribution in [0, 0.1) is 5.82 Å². The number of rotatable bonds is 6. The van der Waals surface area contributed by atoms with Crippen LogP contribution >= 0.6 is 11.3 Å².